The maximum atomic E-state index is 5.46. The van der Waals surface area contributed by atoms with Gasteiger partial charge in [0.25, 0.3) is 0 Å². The van der Waals surface area contributed by atoms with Gasteiger partial charge in [-0.15, -0.1) is 0 Å². The van der Waals surface area contributed by atoms with Gasteiger partial charge in [0, 0.05) is 25.2 Å². The number of likely N-dealkylation sites (N-methyl/N-ethyl adjacent to an activating group) is 2. The lowest BCUT2D eigenvalue weighted by molar-refractivity contribution is 0.0950. The number of ether oxygens (including phenoxy) is 1. The highest BCUT2D eigenvalue weighted by Crippen LogP contribution is 2.21. The third-order valence-corrected chi connectivity index (χ3v) is 3.80. The molecular formula is C14H30N2O. The minimum absolute atomic E-state index is 0.675. The molecular weight excluding hydrogens is 212 g/mol. The van der Waals surface area contributed by atoms with E-state index in [1.807, 2.05) is 0 Å². The zero-order valence-corrected chi connectivity index (χ0v) is 11.9. The van der Waals surface area contributed by atoms with Crippen molar-refractivity contribution in [1.82, 2.24) is 10.2 Å². The summed E-state index contributed by atoms with van der Waals surface area (Å²) in [6.45, 7) is 8.10. The smallest absolute Gasteiger partial charge is 0.0593 e. The van der Waals surface area contributed by atoms with E-state index in [-0.39, 0.29) is 0 Å². The highest BCUT2D eigenvalue weighted by molar-refractivity contribution is 4.85. The molecule has 0 bridgehead atoms. The molecule has 0 amide bonds. The molecule has 1 N–H and O–H groups in total. The standard InChI is InChI=1S/C14H30N2O/c1-4-15-13-9-7-6-8-10-14(13)16(3)11-12-17-5-2/h13-15H,4-12H2,1-3H3. The van der Waals surface area contributed by atoms with Crippen molar-refractivity contribution in [1.29, 1.82) is 0 Å². The third kappa shape index (κ3) is 5.36. The van der Waals surface area contributed by atoms with Gasteiger partial charge in [-0.05, 0) is 33.4 Å². The van der Waals surface area contributed by atoms with Crippen LogP contribution in [0.15, 0.2) is 0 Å². The number of hydrogen-bond donors (Lipinski definition) is 1. The fourth-order valence-corrected chi connectivity index (χ4v) is 2.83. The van der Waals surface area contributed by atoms with Gasteiger partial charge in [0.2, 0.25) is 0 Å². The van der Waals surface area contributed by atoms with Crippen LogP contribution in [0.25, 0.3) is 0 Å². The van der Waals surface area contributed by atoms with E-state index in [1.54, 1.807) is 0 Å². The zero-order chi connectivity index (χ0) is 12.5. The first-order chi connectivity index (χ1) is 8.29. The molecule has 0 radical (unpaired) electrons. The van der Waals surface area contributed by atoms with Crippen LogP contribution in [0.1, 0.15) is 46.0 Å². The SMILES string of the molecule is CCNC1CCCCCC1N(C)CCOCC. The second-order valence-electron chi connectivity index (χ2n) is 5.05. The van der Waals surface area contributed by atoms with Crippen LogP contribution >= 0.6 is 0 Å². The summed E-state index contributed by atoms with van der Waals surface area (Å²) in [5.74, 6) is 0. The summed E-state index contributed by atoms with van der Waals surface area (Å²) in [6, 6.07) is 1.37. The van der Waals surface area contributed by atoms with Crippen LogP contribution in [0, 0.1) is 0 Å². The van der Waals surface area contributed by atoms with Crippen LogP contribution in [0.3, 0.4) is 0 Å². The molecule has 2 atom stereocenters. The molecule has 1 aliphatic rings. The number of hydrogen-bond acceptors (Lipinski definition) is 3. The molecule has 1 rings (SSSR count). The molecule has 2 unspecified atom stereocenters. The Hall–Kier alpha value is -0.120. The Kier molecular flexibility index (Phi) is 7.82. The molecule has 0 saturated heterocycles. The van der Waals surface area contributed by atoms with Gasteiger partial charge in [-0.25, -0.2) is 0 Å². The molecule has 17 heavy (non-hydrogen) atoms. The highest BCUT2D eigenvalue weighted by atomic mass is 16.5. The molecule has 1 fully saturated rings. The van der Waals surface area contributed by atoms with E-state index in [1.165, 1.54) is 32.1 Å². The summed E-state index contributed by atoms with van der Waals surface area (Å²) in [4.78, 5) is 2.49. The number of rotatable bonds is 7. The second-order valence-corrected chi connectivity index (χ2v) is 5.05. The Morgan fingerprint density at radius 2 is 1.94 bits per heavy atom. The molecule has 0 aromatic carbocycles. The number of nitrogens with zero attached hydrogens (tertiary/aromatic N) is 1. The molecule has 1 saturated carbocycles. The summed E-state index contributed by atoms with van der Waals surface area (Å²) >= 11 is 0. The molecule has 0 aromatic rings. The first-order valence-corrected chi connectivity index (χ1v) is 7.31. The van der Waals surface area contributed by atoms with Gasteiger partial charge in [0.1, 0.15) is 0 Å². The second kappa shape index (κ2) is 8.90. The lowest BCUT2D eigenvalue weighted by Gasteiger charge is -2.34. The van der Waals surface area contributed by atoms with Crippen LogP contribution in [0.2, 0.25) is 0 Å². The molecule has 0 aromatic heterocycles. The van der Waals surface area contributed by atoms with Gasteiger partial charge >= 0.3 is 0 Å². The minimum Gasteiger partial charge on any atom is -0.380 e. The Labute approximate surface area is 107 Å². The van der Waals surface area contributed by atoms with Crippen LogP contribution in [0.5, 0.6) is 0 Å². The normalized spacial score (nSPS) is 26.1. The Balaban J connectivity index is 2.43. The van der Waals surface area contributed by atoms with Crippen molar-refractivity contribution in [2.45, 2.75) is 58.0 Å². The van der Waals surface area contributed by atoms with Crippen molar-refractivity contribution in [3.8, 4) is 0 Å². The third-order valence-electron chi connectivity index (χ3n) is 3.80. The van der Waals surface area contributed by atoms with Gasteiger partial charge in [0.15, 0.2) is 0 Å². The molecule has 0 spiro atoms. The van der Waals surface area contributed by atoms with Crippen LogP contribution < -0.4 is 5.32 Å². The van der Waals surface area contributed by atoms with E-state index in [4.69, 9.17) is 4.74 Å². The van der Waals surface area contributed by atoms with E-state index >= 15 is 0 Å². The Morgan fingerprint density at radius 3 is 2.65 bits per heavy atom. The largest absolute Gasteiger partial charge is 0.380 e. The fraction of sp³-hybridized carbons (Fsp3) is 1.00. The van der Waals surface area contributed by atoms with Crippen molar-refractivity contribution in [2.24, 2.45) is 0 Å². The summed E-state index contributed by atoms with van der Waals surface area (Å²) < 4.78 is 5.46. The summed E-state index contributed by atoms with van der Waals surface area (Å²) in [7, 11) is 2.25. The first-order valence-electron chi connectivity index (χ1n) is 7.31. The maximum Gasteiger partial charge on any atom is 0.0593 e. The molecule has 1 aliphatic carbocycles. The Morgan fingerprint density at radius 1 is 1.18 bits per heavy atom. The van der Waals surface area contributed by atoms with Crippen LogP contribution in [-0.2, 0) is 4.74 Å². The average molecular weight is 242 g/mol. The predicted octanol–water partition coefficient (Wildman–Crippen LogP) is 2.27. The topological polar surface area (TPSA) is 24.5 Å². The van der Waals surface area contributed by atoms with Gasteiger partial charge in [-0.1, -0.05) is 26.2 Å². The number of nitrogens with one attached hydrogen (secondary N) is 1. The van der Waals surface area contributed by atoms with E-state index < -0.39 is 0 Å². The van der Waals surface area contributed by atoms with E-state index in [9.17, 15) is 0 Å². The van der Waals surface area contributed by atoms with Gasteiger partial charge in [0.05, 0.1) is 6.61 Å². The van der Waals surface area contributed by atoms with Gasteiger partial charge < -0.3 is 10.1 Å². The summed E-state index contributed by atoms with van der Waals surface area (Å²) in [6.07, 6.45) is 6.83. The van der Waals surface area contributed by atoms with Crippen molar-refractivity contribution in [2.75, 3.05) is 33.4 Å². The lowest BCUT2D eigenvalue weighted by atomic mass is 10.0. The maximum absolute atomic E-state index is 5.46. The summed E-state index contributed by atoms with van der Waals surface area (Å²) in [5, 5.41) is 3.66. The van der Waals surface area contributed by atoms with Gasteiger partial charge in [-0.3, -0.25) is 4.90 Å². The van der Waals surface area contributed by atoms with E-state index in [2.05, 4.69) is 31.1 Å². The monoisotopic (exact) mass is 242 g/mol. The van der Waals surface area contributed by atoms with Crippen molar-refractivity contribution in [3.63, 3.8) is 0 Å². The Bertz CT molecular complexity index is 187. The fourth-order valence-electron chi connectivity index (χ4n) is 2.83. The van der Waals surface area contributed by atoms with Gasteiger partial charge in [-0.2, -0.15) is 0 Å². The lowest BCUT2D eigenvalue weighted by Crippen LogP contribution is -2.49. The van der Waals surface area contributed by atoms with Crippen molar-refractivity contribution < 1.29 is 4.74 Å². The predicted molar refractivity (Wildman–Crippen MR) is 73.5 cm³/mol. The highest BCUT2D eigenvalue weighted by Gasteiger charge is 2.25. The molecule has 3 heteroatoms. The molecule has 0 heterocycles. The van der Waals surface area contributed by atoms with Crippen LogP contribution in [-0.4, -0.2) is 50.3 Å². The summed E-state index contributed by atoms with van der Waals surface area (Å²) in [5.41, 5.74) is 0. The minimum atomic E-state index is 0.675. The molecule has 102 valence electrons. The van der Waals surface area contributed by atoms with E-state index in [0.717, 1.165) is 26.3 Å². The molecule has 0 aliphatic heterocycles. The van der Waals surface area contributed by atoms with Crippen molar-refractivity contribution in [3.05, 3.63) is 0 Å². The van der Waals surface area contributed by atoms with E-state index in [0.29, 0.717) is 12.1 Å². The van der Waals surface area contributed by atoms with Crippen LogP contribution in [0.4, 0.5) is 0 Å². The molecule has 3 nitrogen and oxygen atoms in total. The first kappa shape index (κ1) is 14.9. The average Bonchev–Trinajstić information content (AvgIpc) is 2.55. The van der Waals surface area contributed by atoms with Crippen molar-refractivity contribution >= 4 is 0 Å². The quantitative estimate of drug-likeness (QED) is 0.547. The zero-order valence-electron chi connectivity index (χ0n) is 11.9.